The number of benzene rings is 1. The van der Waals surface area contributed by atoms with Gasteiger partial charge in [0.1, 0.15) is 0 Å². The maximum atomic E-state index is 12.8. The normalized spacial score (nSPS) is 20.3. The van der Waals surface area contributed by atoms with E-state index in [4.69, 9.17) is 0 Å². The maximum absolute atomic E-state index is 12.8. The van der Waals surface area contributed by atoms with Crippen LogP contribution in [0.5, 0.6) is 0 Å². The Hall–Kier alpha value is -2.23. The number of hydrogen-bond acceptors (Lipinski definition) is 1. The molecule has 4 nitrogen and oxygen atoms in total. The highest BCUT2D eigenvalue weighted by molar-refractivity contribution is 5.89. The lowest BCUT2D eigenvalue weighted by atomic mass is 9.82. The smallest absolute Gasteiger partial charge is 0.321 e. The SMILES string of the molecule is CC1(C)CN(C(=O)NC2CCCCC2)C=Cc2[nH]c3ccccc3c21. The van der Waals surface area contributed by atoms with Crippen molar-refractivity contribution in [3.63, 3.8) is 0 Å². The minimum Gasteiger partial charge on any atom is -0.355 e. The number of aromatic amines is 1. The fourth-order valence-electron chi connectivity index (χ4n) is 4.38. The molecule has 0 radical (unpaired) electrons. The topological polar surface area (TPSA) is 48.1 Å². The molecule has 2 aromatic rings. The van der Waals surface area contributed by atoms with Gasteiger partial charge >= 0.3 is 6.03 Å². The zero-order valence-corrected chi connectivity index (χ0v) is 15.1. The van der Waals surface area contributed by atoms with E-state index in [1.807, 2.05) is 17.2 Å². The zero-order chi connectivity index (χ0) is 17.4. The van der Waals surface area contributed by atoms with Crippen molar-refractivity contribution in [3.8, 4) is 0 Å². The van der Waals surface area contributed by atoms with Crippen LogP contribution in [0.4, 0.5) is 4.79 Å². The maximum Gasteiger partial charge on any atom is 0.321 e. The first-order chi connectivity index (χ1) is 12.0. The average molecular weight is 337 g/mol. The summed E-state index contributed by atoms with van der Waals surface area (Å²) in [7, 11) is 0. The summed E-state index contributed by atoms with van der Waals surface area (Å²) in [6.45, 7) is 5.12. The van der Waals surface area contributed by atoms with Crippen molar-refractivity contribution in [3.05, 3.63) is 41.7 Å². The summed E-state index contributed by atoms with van der Waals surface area (Å²) < 4.78 is 0. The Bertz CT molecular complexity index is 812. The molecule has 1 aromatic heterocycles. The van der Waals surface area contributed by atoms with Crippen LogP contribution < -0.4 is 5.32 Å². The molecule has 1 saturated carbocycles. The molecule has 2 heterocycles. The molecule has 1 aromatic carbocycles. The van der Waals surface area contributed by atoms with Gasteiger partial charge in [-0.2, -0.15) is 0 Å². The fraction of sp³-hybridized carbons (Fsp3) is 0.476. The monoisotopic (exact) mass is 337 g/mol. The first-order valence-electron chi connectivity index (χ1n) is 9.41. The number of fused-ring (bicyclic) bond motifs is 3. The van der Waals surface area contributed by atoms with E-state index in [0.29, 0.717) is 12.6 Å². The predicted molar refractivity (Wildman–Crippen MR) is 102 cm³/mol. The van der Waals surface area contributed by atoms with Crippen molar-refractivity contribution < 1.29 is 4.79 Å². The Morgan fingerprint density at radius 1 is 1.20 bits per heavy atom. The quantitative estimate of drug-likeness (QED) is 0.773. The van der Waals surface area contributed by atoms with Crippen LogP contribution in [-0.4, -0.2) is 28.5 Å². The van der Waals surface area contributed by atoms with Crippen LogP contribution in [0.25, 0.3) is 17.0 Å². The van der Waals surface area contributed by atoms with Crippen LogP contribution in [0.15, 0.2) is 30.5 Å². The lowest BCUT2D eigenvalue weighted by Gasteiger charge is -2.31. The van der Waals surface area contributed by atoms with Gasteiger partial charge < -0.3 is 15.2 Å². The third-order valence-corrected chi connectivity index (χ3v) is 5.59. The van der Waals surface area contributed by atoms with Gasteiger partial charge in [0.05, 0.1) is 0 Å². The Morgan fingerprint density at radius 3 is 2.76 bits per heavy atom. The Balaban J connectivity index is 1.60. The molecule has 0 unspecified atom stereocenters. The summed E-state index contributed by atoms with van der Waals surface area (Å²) >= 11 is 0. The number of carbonyl (C=O) groups is 1. The predicted octanol–water partition coefficient (Wildman–Crippen LogP) is 4.77. The molecule has 1 fully saturated rings. The fourth-order valence-corrected chi connectivity index (χ4v) is 4.38. The molecular formula is C21H27N3O. The van der Waals surface area contributed by atoms with Crippen LogP contribution in [0.1, 0.15) is 57.2 Å². The number of aromatic nitrogens is 1. The second kappa shape index (κ2) is 6.25. The van der Waals surface area contributed by atoms with Crippen LogP contribution in [0.3, 0.4) is 0 Å². The van der Waals surface area contributed by atoms with E-state index in [1.54, 1.807) is 0 Å². The number of nitrogens with zero attached hydrogens (tertiary/aromatic N) is 1. The number of hydrogen-bond donors (Lipinski definition) is 2. The van der Waals surface area contributed by atoms with E-state index in [2.05, 4.69) is 48.4 Å². The summed E-state index contributed by atoms with van der Waals surface area (Å²) in [6, 6.07) is 8.78. The third-order valence-electron chi connectivity index (χ3n) is 5.59. The van der Waals surface area contributed by atoms with E-state index in [-0.39, 0.29) is 11.4 Å². The Labute approximate surface area is 149 Å². The lowest BCUT2D eigenvalue weighted by molar-refractivity contribution is 0.199. The number of para-hydroxylation sites is 1. The molecule has 0 saturated heterocycles. The largest absolute Gasteiger partial charge is 0.355 e. The van der Waals surface area contributed by atoms with Crippen molar-refractivity contribution in [1.82, 2.24) is 15.2 Å². The zero-order valence-electron chi connectivity index (χ0n) is 15.1. The van der Waals surface area contributed by atoms with Gasteiger partial charge in [-0.1, -0.05) is 51.3 Å². The number of amides is 2. The van der Waals surface area contributed by atoms with Crippen LogP contribution in [-0.2, 0) is 5.41 Å². The molecular weight excluding hydrogens is 310 g/mol. The number of rotatable bonds is 1. The van der Waals surface area contributed by atoms with Crippen molar-refractivity contribution in [2.24, 2.45) is 0 Å². The minimum absolute atomic E-state index is 0.0330. The molecule has 2 N–H and O–H groups in total. The van der Waals surface area contributed by atoms with E-state index >= 15 is 0 Å². The van der Waals surface area contributed by atoms with Crippen molar-refractivity contribution in [1.29, 1.82) is 0 Å². The number of urea groups is 1. The van der Waals surface area contributed by atoms with Gasteiger partial charge in [-0.05, 0) is 30.5 Å². The Kier molecular flexibility index (Phi) is 4.06. The van der Waals surface area contributed by atoms with Gasteiger partial charge in [0, 0.05) is 40.8 Å². The molecule has 0 spiro atoms. The van der Waals surface area contributed by atoms with Crippen molar-refractivity contribution in [2.75, 3.05) is 6.54 Å². The van der Waals surface area contributed by atoms with E-state index in [9.17, 15) is 4.79 Å². The highest BCUT2D eigenvalue weighted by atomic mass is 16.2. The lowest BCUT2D eigenvalue weighted by Crippen LogP contribution is -2.46. The number of carbonyl (C=O) groups excluding carboxylic acids is 1. The third kappa shape index (κ3) is 3.06. The van der Waals surface area contributed by atoms with E-state index in [0.717, 1.165) is 24.1 Å². The molecule has 0 atom stereocenters. The second-order valence-electron chi connectivity index (χ2n) is 8.07. The van der Waals surface area contributed by atoms with Crippen molar-refractivity contribution >= 4 is 23.0 Å². The van der Waals surface area contributed by atoms with Crippen LogP contribution in [0.2, 0.25) is 0 Å². The highest BCUT2D eigenvalue weighted by Crippen LogP contribution is 2.37. The molecule has 2 aliphatic rings. The molecule has 2 amide bonds. The van der Waals surface area contributed by atoms with Crippen LogP contribution >= 0.6 is 0 Å². The molecule has 25 heavy (non-hydrogen) atoms. The van der Waals surface area contributed by atoms with E-state index in [1.165, 1.54) is 30.2 Å². The summed E-state index contributed by atoms with van der Waals surface area (Å²) in [5.74, 6) is 0. The Morgan fingerprint density at radius 2 is 1.96 bits per heavy atom. The molecule has 1 aliphatic heterocycles. The van der Waals surface area contributed by atoms with Gasteiger partial charge in [0.15, 0.2) is 0 Å². The summed E-state index contributed by atoms with van der Waals surface area (Å²) in [5.41, 5.74) is 3.44. The van der Waals surface area contributed by atoms with Gasteiger partial charge in [-0.3, -0.25) is 0 Å². The molecule has 4 rings (SSSR count). The minimum atomic E-state index is -0.123. The van der Waals surface area contributed by atoms with Gasteiger partial charge in [0.25, 0.3) is 0 Å². The van der Waals surface area contributed by atoms with Crippen LogP contribution in [0, 0.1) is 0 Å². The molecule has 132 valence electrons. The average Bonchev–Trinajstić information content (AvgIpc) is 2.92. The van der Waals surface area contributed by atoms with Crippen molar-refractivity contribution in [2.45, 2.75) is 57.4 Å². The summed E-state index contributed by atoms with van der Waals surface area (Å²) in [5, 5.41) is 4.49. The molecule has 0 bridgehead atoms. The standard InChI is InChI=1S/C21H27N3O/c1-21(2)14-24(20(25)22-15-8-4-3-5-9-15)13-12-18-19(21)16-10-6-7-11-17(16)23-18/h6-7,10-13,15,23H,3-5,8-9,14H2,1-2H3,(H,22,25). The highest BCUT2D eigenvalue weighted by Gasteiger charge is 2.33. The first-order valence-corrected chi connectivity index (χ1v) is 9.41. The van der Waals surface area contributed by atoms with Gasteiger partial charge in [-0.25, -0.2) is 4.79 Å². The van der Waals surface area contributed by atoms with Gasteiger partial charge in [-0.15, -0.1) is 0 Å². The molecule has 4 heteroatoms. The number of H-pyrrole nitrogens is 1. The van der Waals surface area contributed by atoms with Gasteiger partial charge in [0.2, 0.25) is 0 Å². The second-order valence-corrected chi connectivity index (χ2v) is 8.07. The number of nitrogens with one attached hydrogen (secondary N) is 2. The van der Waals surface area contributed by atoms with E-state index < -0.39 is 0 Å². The summed E-state index contributed by atoms with van der Waals surface area (Å²) in [4.78, 5) is 18.1. The summed E-state index contributed by atoms with van der Waals surface area (Å²) in [6.07, 6.45) is 9.94. The molecule has 1 aliphatic carbocycles. The first kappa shape index (κ1) is 16.2.